The van der Waals surface area contributed by atoms with Crippen molar-refractivity contribution in [1.29, 1.82) is 0 Å². The number of likely N-dealkylation sites (N-methyl/N-ethyl adjacent to an activating group) is 1. The van der Waals surface area contributed by atoms with Crippen LogP contribution < -0.4 is 4.90 Å². The summed E-state index contributed by atoms with van der Waals surface area (Å²) in [6.45, 7) is 4.50. The number of anilines is 1. The Kier molecular flexibility index (Phi) is 4.71. The predicted octanol–water partition coefficient (Wildman–Crippen LogP) is 3.33. The molecule has 0 spiro atoms. The fourth-order valence-electron chi connectivity index (χ4n) is 2.23. The van der Waals surface area contributed by atoms with Gasteiger partial charge in [0, 0.05) is 35.7 Å². The highest BCUT2D eigenvalue weighted by Gasteiger charge is 2.15. The normalized spacial score (nSPS) is 18.2. The molecule has 2 nitrogen and oxygen atoms in total. The Morgan fingerprint density at radius 1 is 1.24 bits per heavy atom. The van der Waals surface area contributed by atoms with E-state index in [0.29, 0.717) is 5.88 Å². The van der Waals surface area contributed by atoms with Crippen molar-refractivity contribution in [3.8, 4) is 0 Å². The number of benzene rings is 1. The molecule has 0 radical (unpaired) electrons. The maximum atomic E-state index is 6.02. The number of halogens is 2. The third kappa shape index (κ3) is 3.36. The van der Waals surface area contributed by atoms with E-state index in [4.69, 9.17) is 11.6 Å². The van der Waals surface area contributed by atoms with E-state index in [1.807, 2.05) is 0 Å². The summed E-state index contributed by atoms with van der Waals surface area (Å²) in [6, 6.07) is 6.36. The molecule has 4 heteroatoms. The molecule has 94 valence electrons. The monoisotopic (exact) mass is 316 g/mol. The predicted molar refractivity (Wildman–Crippen MR) is 78.0 cm³/mol. The molecule has 0 aliphatic carbocycles. The summed E-state index contributed by atoms with van der Waals surface area (Å²) in [5, 5.41) is 0. The lowest BCUT2D eigenvalue weighted by Gasteiger charge is -2.25. The summed E-state index contributed by atoms with van der Waals surface area (Å²) in [6.07, 6.45) is 1.21. The molecule has 0 bridgehead atoms. The Bertz CT molecular complexity index is 384. The van der Waals surface area contributed by atoms with E-state index in [1.54, 1.807) is 0 Å². The molecule has 0 amide bonds. The maximum Gasteiger partial charge on any atom is 0.0494 e. The first-order chi connectivity index (χ1) is 8.20. The molecule has 0 saturated carbocycles. The van der Waals surface area contributed by atoms with Crippen LogP contribution in [0.1, 0.15) is 12.0 Å². The SMILES string of the molecule is CN1CCCN(c2cc(Br)ccc2CCl)CC1. The highest BCUT2D eigenvalue weighted by Crippen LogP contribution is 2.27. The van der Waals surface area contributed by atoms with E-state index in [2.05, 4.69) is 51.0 Å². The van der Waals surface area contributed by atoms with E-state index in [0.717, 1.165) is 24.1 Å². The Labute approximate surface area is 117 Å². The molecule has 1 aliphatic rings. The van der Waals surface area contributed by atoms with Gasteiger partial charge < -0.3 is 9.80 Å². The summed E-state index contributed by atoms with van der Waals surface area (Å²) in [7, 11) is 2.19. The zero-order valence-corrected chi connectivity index (χ0v) is 12.5. The van der Waals surface area contributed by atoms with Crippen LogP contribution in [0.2, 0.25) is 0 Å². The van der Waals surface area contributed by atoms with Crippen molar-refractivity contribution in [2.75, 3.05) is 38.1 Å². The van der Waals surface area contributed by atoms with Crippen LogP contribution in [0.5, 0.6) is 0 Å². The van der Waals surface area contributed by atoms with E-state index in [1.165, 1.54) is 24.2 Å². The van der Waals surface area contributed by atoms with Gasteiger partial charge in [-0.25, -0.2) is 0 Å². The van der Waals surface area contributed by atoms with Gasteiger partial charge in [-0.05, 0) is 37.7 Å². The quantitative estimate of drug-likeness (QED) is 0.772. The van der Waals surface area contributed by atoms with Crippen molar-refractivity contribution in [2.45, 2.75) is 12.3 Å². The van der Waals surface area contributed by atoms with Crippen LogP contribution in [0.15, 0.2) is 22.7 Å². The Morgan fingerprint density at radius 3 is 2.82 bits per heavy atom. The first-order valence-electron chi connectivity index (χ1n) is 5.98. The van der Waals surface area contributed by atoms with Gasteiger partial charge in [-0.15, -0.1) is 11.6 Å². The lowest BCUT2D eigenvalue weighted by Crippen LogP contribution is -2.29. The molecule has 1 saturated heterocycles. The van der Waals surface area contributed by atoms with Crippen molar-refractivity contribution in [1.82, 2.24) is 4.90 Å². The molecule has 1 heterocycles. The summed E-state index contributed by atoms with van der Waals surface area (Å²) in [4.78, 5) is 4.84. The topological polar surface area (TPSA) is 6.48 Å². The first-order valence-corrected chi connectivity index (χ1v) is 7.31. The molecule has 0 N–H and O–H groups in total. The van der Waals surface area contributed by atoms with Crippen LogP contribution in [0, 0.1) is 0 Å². The minimum Gasteiger partial charge on any atom is -0.370 e. The number of alkyl halides is 1. The van der Waals surface area contributed by atoms with E-state index in [9.17, 15) is 0 Å². The fraction of sp³-hybridized carbons (Fsp3) is 0.538. The van der Waals surface area contributed by atoms with E-state index < -0.39 is 0 Å². The second-order valence-corrected chi connectivity index (χ2v) is 5.73. The molecule has 2 rings (SSSR count). The zero-order chi connectivity index (χ0) is 12.3. The van der Waals surface area contributed by atoms with Crippen molar-refractivity contribution in [2.24, 2.45) is 0 Å². The second-order valence-electron chi connectivity index (χ2n) is 4.55. The minimum atomic E-state index is 0.578. The van der Waals surface area contributed by atoms with Gasteiger partial charge in [0.25, 0.3) is 0 Å². The largest absolute Gasteiger partial charge is 0.370 e. The van der Waals surface area contributed by atoms with Gasteiger partial charge in [-0.3, -0.25) is 0 Å². The van der Waals surface area contributed by atoms with Crippen LogP contribution in [-0.4, -0.2) is 38.1 Å². The lowest BCUT2D eigenvalue weighted by atomic mass is 10.1. The maximum absolute atomic E-state index is 6.02. The van der Waals surface area contributed by atoms with Gasteiger partial charge in [0.1, 0.15) is 0 Å². The molecule has 0 aromatic heterocycles. The van der Waals surface area contributed by atoms with Gasteiger partial charge in [0.15, 0.2) is 0 Å². The third-order valence-corrected chi connectivity index (χ3v) is 4.03. The van der Waals surface area contributed by atoms with Gasteiger partial charge in [-0.2, -0.15) is 0 Å². The number of hydrogen-bond donors (Lipinski definition) is 0. The van der Waals surface area contributed by atoms with Gasteiger partial charge in [0.2, 0.25) is 0 Å². The van der Waals surface area contributed by atoms with Crippen molar-refractivity contribution in [3.05, 3.63) is 28.2 Å². The second kappa shape index (κ2) is 6.07. The third-order valence-electron chi connectivity index (χ3n) is 3.25. The minimum absolute atomic E-state index is 0.578. The van der Waals surface area contributed by atoms with Crippen molar-refractivity contribution < 1.29 is 0 Å². The van der Waals surface area contributed by atoms with Gasteiger partial charge >= 0.3 is 0 Å². The Balaban J connectivity index is 2.22. The molecule has 0 unspecified atom stereocenters. The average molecular weight is 318 g/mol. The first kappa shape index (κ1) is 13.2. The molecular weight excluding hydrogens is 300 g/mol. The lowest BCUT2D eigenvalue weighted by molar-refractivity contribution is 0.360. The average Bonchev–Trinajstić information content (AvgIpc) is 2.54. The summed E-state index contributed by atoms with van der Waals surface area (Å²) >= 11 is 9.56. The van der Waals surface area contributed by atoms with Crippen LogP contribution in [0.25, 0.3) is 0 Å². The molecule has 17 heavy (non-hydrogen) atoms. The zero-order valence-electron chi connectivity index (χ0n) is 10.1. The fourth-order valence-corrected chi connectivity index (χ4v) is 2.81. The number of hydrogen-bond acceptors (Lipinski definition) is 2. The standard InChI is InChI=1S/C13H18BrClN2/c1-16-5-2-6-17(8-7-16)13-9-12(14)4-3-11(13)10-15/h3-4,9H,2,5-8,10H2,1H3. The van der Waals surface area contributed by atoms with Gasteiger partial charge in [-0.1, -0.05) is 22.0 Å². The smallest absolute Gasteiger partial charge is 0.0494 e. The van der Waals surface area contributed by atoms with Crippen LogP contribution in [0.4, 0.5) is 5.69 Å². The summed E-state index contributed by atoms with van der Waals surface area (Å²) in [5.41, 5.74) is 2.50. The Hall–Kier alpha value is -0.250. The number of nitrogens with zero attached hydrogens (tertiary/aromatic N) is 2. The van der Waals surface area contributed by atoms with Gasteiger partial charge in [0.05, 0.1) is 0 Å². The van der Waals surface area contributed by atoms with Crippen LogP contribution in [-0.2, 0) is 5.88 Å². The molecule has 1 aromatic carbocycles. The molecule has 0 atom stereocenters. The highest BCUT2D eigenvalue weighted by molar-refractivity contribution is 9.10. The molecule has 1 aromatic rings. The van der Waals surface area contributed by atoms with Crippen molar-refractivity contribution >= 4 is 33.2 Å². The molecule has 1 aliphatic heterocycles. The molecular formula is C13H18BrClN2. The summed E-state index contributed by atoms with van der Waals surface area (Å²) < 4.78 is 1.12. The molecule has 1 fully saturated rings. The van der Waals surface area contributed by atoms with Crippen LogP contribution in [0.3, 0.4) is 0 Å². The van der Waals surface area contributed by atoms with Crippen LogP contribution >= 0.6 is 27.5 Å². The van der Waals surface area contributed by atoms with E-state index >= 15 is 0 Å². The highest BCUT2D eigenvalue weighted by atomic mass is 79.9. The Morgan fingerprint density at radius 2 is 2.06 bits per heavy atom. The summed E-state index contributed by atoms with van der Waals surface area (Å²) in [5.74, 6) is 0.578. The van der Waals surface area contributed by atoms with Crippen molar-refractivity contribution in [3.63, 3.8) is 0 Å². The number of rotatable bonds is 2. The van der Waals surface area contributed by atoms with E-state index in [-0.39, 0.29) is 0 Å².